The summed E-state index contributed by atoms with van der Waals surface area (Å²) in [6.45, 7) is 1.16. The van der Waals surface area contributed by atoms with E-state index < -0.39 is 5.97 Å². The van der Waals surface area contributed by atoms with Gasteiger partial charge in [0.15, 0.2) is 0 Å². The molecule has 6 nitrogen and oxygen atoms in total. The van der Waals surface area contributed by atoms with Crippen molar-refractivity contribution < 1.29 is 19.1 Å². The van der Waals surface area contributed by atoms with Crippen LogP contribution in [0.3, 0.4) is 0 Å². The molecule has 0 aliphatic carbocycles. The maximum atomic E-state index is 11.7. The van der Waals surface area contributed by atoms with Gasteiger partial charge in [-0.2, -0.15) is 0 Å². The Kier molecular flexibility index (Phi) is 5.93. The first-order valence-electron chi connectivity index (χ1n) is 5.78. The largest absolute Gasteiger partial charge is 0.481 e. The zero-order valence-electron chi connectivity index (χ0n) is 10.4. The molecular weight excluding hydrogens is 236 g/mol. The second kappa shape index (κ2) is 7.50. The fraction of sp³-hybridized carbons (Fsp3) is 0.500. The zero-order valence-corrected chi connectivity index (χ0v) is 10.4. The molecule has 0 spiro atoms. The van der Waals surface area contributed by atoms with Crippen LogP contribution < -0.4 is 5.32 Å². The van der Waals surface area contributed by atoms with E-state index in [1.807, 2.05) is 6.07 Å². The second-order valence-corrected chi connectivity index (χ2v) is 4.00. The maximum absolute atomic E-state index is 11.7. The average molecular weight is 254 g/mol. The van der Waals surface area contributed by atoms with Gasteiger partial charge in [-0.15, -0.1) is 0 Å². The molecule has 0 aliphatic heterocycles. The van der Waals surface area contributed by atoms with Crippen LogP contribution >= 0.6 is 0 Å². The van der Waals surface area contributed by atoms with Gasteiger partial charge in [0.1, 0.15) is 5.76 Å². The van der Waals surface area contributed by atoms with E-state index in [1.165, 1.54) is 0 Å². The minimum absolute atomic E-state index is 0.0540. The van der Waals surface area contributed by atoms with E-state index >= 15 is 0 Å². The van der Waals surface area contributed by atoms with Crippen LogP contribution in [-0.4, -0.2) is 42.0 Å². The number of amides is 1. The Morgan fingerprint density at radius 1 is 1.50 bits per heavy atom. The van der Waals surface area contributed by atoms with Crippen molar-refractivity contribution in [2.75, 3.05) is 20.1 Å². The summed E-state index contributed by atoms with van der Waals surface area (Å²) in [5.74, 6) is -0.142. The lowest BCUT2D eigenvalue weighted by atomic mass is 10.3. The molecule has 0 unspecified atom stereocenters. The monoisotopic (exact) mass is 254 g/mol. The summed E-state index contributed by atoms with van der Waals surface area (Å²) in [7, 11) is 1.70. The fourth-order valence-electron chi connectivity index (χ4n) is 1.42. The number of aliphatic carboxylic acids is 1. The zero-order chi connectivity index (χ0) is 13.4. The summed E-state index contributed by atoms with van der Waals surface area (Å²) < 4.78 is 5.14. The Morgan fingerprint density at radius 3 is 2.89 bits per heavy atom. The molecule has 0 saturated carbocycles. The van der Waals surface area contributed by atoms with Crippen LogP contribution in [0.5, 0.6) is 0 Å². The van der Waals surface area contributed by atoms with Gasteiger partial charge in [0.25, 0.3) is 0 Å². The predicted molar refractivity (Wildman–Crippen MR) is 64.9 cm³/mol. The van der Waals surface area contributed by atoms with Gasteiger partial charge in [0.2, 0.25) is 5.91 Å². The third-order valence-electron chi connectivity index (χ3n) is 2.42. The lowest BCUT2D eigenvalue weighted by Gasteiger charge is -2.15. The number of hydrogen-bond donors (Lipinski definition) is 2. The highest BCUT2D eigenvalue weighted by molar-refractivity contribution is 5.77. The number of carboxylic acid groups (broad SMARTS) is 1. The Labute approximate surface area is 106 Å². The molecular formula is C12H18N2O4. The highest BCUT2D eigenvalue weighted by atomic mass is 16.4. The number of hydrogen-bond acceptors (Lipinski definition) is 4. The van der Waals surface area contributed by atoms with Crippen molar-refractivity contribution >= 4 is 11.9 Å². The van der Waals surface area contributed by atoms with Crippen molar-refractivity contribution in [1.29, 1.82) is 0 Å². The number of nitrogens with one attached hydrogen (secondary N) is 1. The van der Waals surface area contributed by atoms with E-state index in [-0.39, 0.29) is 18.9 Å². The van der Waals surface area contributed by atoms with Crippen LogP contribution in [0.15, 0.2) is 22.8 Å². The number of furan rings is 1. The smallest absolute Gasteiger partial charge is 0.303 e. The molecule has 0 aliphatic rings. The molecule has 1 rings (SSSR count). The van der Waals surface area contributed by atoms with Gasteiger partial charge in [0.05, 0.1) is 19.4 Å². The number of likely N-dealkylation sites (N-methyl/N-ethyl adjacent to an activating group) is 1. The molecule has 0 atom stereocenters. The van der Waals surface area contributed by atoms with Crippen molar-refractivity contribution in [1.82, 2.24) is 10.2 Å². The van der Waals surface area contributed by atoms with Gasteiger partial charge in [-0.3, -0.25) is 9.59 Å². The van der Waals surface area contributed by atoms with Crippen LogP contribution in [0, 0.1) is 0 Å². The average Bonchev–Trinajstić information content (AvgIpc) is 2.80. The van der Waals surface area contributed by atoms with Crippen LogP contribution in [-0.2, 0) is 16.1 Å². The summed E-state index contributed by atoms with van der Waals surface area (Å²) in [5, 5.41) is 11.4. The molecule has 0 radical (unpaired) electrons. The normalized spacial score (nSPS) is 10.3. The van der Waals surface area contributed by atoms with Crippen LogP contribution in [0.1, 0.15) is 18.6 Å². The van der Waals surface area contributed by atoms with Gasteiger partial charge >= 0.3 is 5.97 Å². The molecule has 1 aromatic rings. The van der Waals surface area contributed by atoms with Gasteiger partial charge in [-0.25, -0.2) is 0 Å². The van der Waals surface area contributed by atoms with Crippen molar-refractivity contribution in [3.05, 3.63) is 24.2 Å². The fourth-order valence-corrected chi connectivity index (χ4v) is 1.42. The topological polar surface area (TPSA) is 82.8 Å². The van der Waals surface area contributed by atoms with E-state index in [1.54, 1.807) is 24.3 Å². The summed E-state index contributed by atoms with van der Waals surface area (Å²) >= 11 is 0. The molecule has 0 aromatic carbocycles. The first-order chi connectivity index (χ1) is 8.59. The standard InChI is InChI=1S/C12H18N2O4/c1-14(9-10-4-3-7-18-10)11(15)8-13-6-2-5-12(16)17/h3-4,7,13H,2,5-6,8-9H2,1H3,(H,16,17). The van der Waals surface area contributed by atoms with E-state index in [9.17, 15) is 9.59 Å². The van der Waals surface area contributed by atoms with E-state index in [4.69, 9.17) is 9.52 Å². The third-order valence-corrected chi connectivity index (χ3v) is 2.42. The highest BCUT2D eigenvalue weighted by Crippen LogP contribution is 2.03. The van der Waals surface area contributed by atoms with Crippen LogP contribution in [0.4, 0.5) is 0 Å². The Balaban J connectivity index is 2.14. The Morgan fingerprint density at radius 2 is 2.28 bits per heavy atom. The molecule has 1 amide bonds. The van der Waals surface area contributed by atoms with Crippen LogP contribution in [0.2, 0.25) is 0 Å². The summed E-state index contributed by atoms with van der Waals surface area (Å²) in [6.07, 6.45) is 2.20. The number of carbonyl (C=O) groups is 2. The van der Waals surface area contributed by atoms with E-state index in [2.05, 4.69) is 5.32 Å². The number of carbonyl (C=O) groups excluding carboxylic acids is 1. The molecule has 1 heterocycles. The molecule has 0 saturated heterocycles. The summed E-state index contributed by atoms with van der Waals surface area (Å²) in [5.41, 5.74) is 0. The van der Waals surface area contributed by atoms with E-state index in [0.717, 1.165) is 5.76 Å². The molecule has 6 heteroatoms. The maximum Gasteiger partial charge on any atom is 0.303 e. The quantitative estimate of drug-likeness (QED) is 0.667. The van der Waals surface area contributed by atoms with Gasteiger partial charge in [-0.1, -0.05) is 0 Å². The highest BCUT2D eigenvalue weighted by Gasteiger charge is 2.09. The molecule has 0 bridgehead atoms. The third kappa shape index (κ3) is 5.49. The lowest BCUT2D eigenvalue weighted by Crippen LogP contribution is -2.35. The minimum atomic E-state index is -0.821. The first-order valence-corrected chi connectivity index (χ1v) is 5.78. The molecule has 18 heavy (non-hydrogen) atoms. The summed E-state index contributed by atoms with van der Waals surface area (Å²) in [4.78, 5) is 23.5. The minimum Gasteiger partial charge on any atom is -0.481 e. The Hall–Kier alpha value is -1.82. The van der Waals surface area contributed by atoms with Crippen molar-refractivity contribution in [3.63, 3.8) is 0 Å². The second-order valence-electron chi connectivity index (χ2n) is 4.00. The van der Waals surface area contributed by atoms with Crippen molar-refractivity contribution in [3.8, 4) is 0 Å². The van der Waals surface area contributed by atoms with E-state index in [0.29, 0.717) is 19.5 Å². The molecule has 2 N–H and O–H groups in total. The predicted octanol–water partition coefficient (Wildman–Crippen LogP) is 0.692. The summed E-state index contributed by atoms with van der Waals surface area (Å²) in [6, 6.07) is 3.59. The van der Waals surface area contributed by atoms with Gasteiger partial charge in [0, 0.05) is 13.5 Å². The first kappa shape index (κ1) is 14.2. The molecule has 100 valence electrons. The SMILES string of the molecule is CN(Cc1ccco1)C(=O)CNCCCC(=O)O. The van der Waals surface area contributed by atoms with Gasteiger partial charge in [-0.05, 0) is 25.1 Å². The number of rotatable bonds is 8. The van der Waals surface area contributed by atoms with Crippen LogP contribution in [0.25, 0.3) is 0 Å². The van der Waals surface area contributed by atoms with Crippen molar-refractivity contribution in [2.24, 2.45) is 0 Å². The van der Waals surface area contributed by atoms with Crippen molar-refractivity contribution in [2.45, 2.75) is 19.4 Å². The number of carboxylic acids is 1. The molecule has 1 aromatic heterocycles. The Bertz CT molecular complexity index is 375. The van der Waals surface area contributed by atoms with Gasteiger partial charge < -0.3 is 19.7 Å². The number of nitrogens with zero attached hydrogens (tertiary/aromatic N) is 1. The molecule has 0 fully saturated rings. The lowest BCUT2D eigenvalue weighted by molar-refractivity contribution is -0.137.